The summed E-state index contributed by atoms with van der Waals surface area (Å²) >= 11 is 0. The number of carbonyl (C=O) groups excluding carboxylic acids is 2. The minimum absolute atomic E-state index is 0.618. The Bertz CT molecular complexity index is 1710. The van der Waals surface area contributed by atoms with Gasteiger partial charge in [0.05, 0.1) is 16.7 Å². The molecular weight excluding hydrogens is 406 g/mol. The quantitative estimate of drug-likeness (QED) is 0.219. The number of hydrogen-bond donors (Lipinski definition) is 0. The van der Waals surface area contributed by atoms with E-state index in [1.165, 1.54) is 32.7 Å². The number of fused-ring (bicyclic) bond motifs is 5. The lowest BCUT2D eigenvalue weighted by atomic mass is 9.94. The number of aldehydes is 2. The SMILES string of the molecule is Cc1ccc2c(-n3c4ccc(C=O)cc4c4cc(C=O)ccc43)c3ccccc3c(C)c2c1. The summed E-state index contributed by atoms with van der Waals surface area (Å²) < 4.78 is 2.28. The molecule has 6 rings (SSSR count). The van der Waals surface area contributed by atoms with Crippen LogP contribution in [0.3, 0.4) is 0 Å². The molecule has 0 aliphatic carbocycles. The molecule has 33 heavy (non-hydrogen) atoms. The van der Waals surface area contributed by atoms with Crippen molar-refractivity contribution in [3.63, 3.8) is 0 Å². The maximum absolute atomic E-state index is 11.5. The first-order valence-corrected chi connectivity index (χ1v) is 11.0. The molecule has 5 aromatic carbocycles. The van der Waals surface area contributed by atoms with Gasteiger partial charge in [0.15, 0.2) is 0 Å². The van der Waals surface area contributed by atoms with Crippen molar-refractivity contribution in [2.24, 2.45) is 0 Å². The van der Waals surface area contributed by atoms with Crippen LogP contribution in [0.15, 0.2) is 78.9 Å². The summed E-state index contributed by atoms with van der Waals surface area (Å²) in [5, 5.41) is 6.72. The second kappa shape index (κ2) is 7.14. The highest BCUT2D eigenvalue weighted by atomic mass is 16.1. The molecule has 1 aromatic heterocycles. The van der Waals surface area contributed by atoms with Gasteiger partial charge in [0.1, 0.15) is 12.6 Å². The summed E-state index contributed by atoms with van der Waals surface area (Å²) in [6.07, 6.45) is 1.73. The van der Waals surface area contributed by atoms with Gasteiger partial charge >= 0.3 is 0 Å². The second-order valence-electron chi connectivity index (χ2n) is 8.69. The van der Waals surface area contributed by atoms with Crippen LogP contribution >= 0.6 is 0 Å². The van der Waals surface area contributed by atoms with Gasteiger partial charge in [-0.3, -0.25) is 9.59 Å². The fourth-order valence-corrected chi connectivity index (χ4v) is 5.17. The van der Waals surface area contributed by atoms with Crippen molar-refractivity contribution in [2.45, 2.75) is 13.8 Å². The molecule has 0 saturated carbocycles. The van der Waals surface area contributed by atoms with Gasteiger partial charge in [-0.2, -0.15) is 0 Å². The average molecular weight is 428 g/mol. The van der Waals surface area contributed by atoms with Gasteiger partial charge in [0.25, 0.3) is 0 Å². The molecule has 1 heterocycles. The maximum Gasteiger partial charge on any atom is 0.150 e. The number of aryl methyl sites for hydroxylation is 2. The Kier molecular flexibility index (Phi) is 4.21. The molecule has 3 nitrogen and oxygen atoms in total. The largest absolute Gasteiger partial charge is 0.308 e. The Hall–Kier alpha value is -4.24. The lowest BCUT2D eigenvalue weighted by Gasteiger charge is -2.18. The monoisotopic (exact) mass is 427 g/mol. The van der Waals surface area contributed by atoms with Gasteiger partial charge in [-0.15, -0.1) is 0 Å². The Morgan fingerprint density at radius 3 is 1.76 bits per heavy atom. The van der Waals surface area contributed by atoms with Gasteiger partial charge in [0, 0.05) is 32.7 Å². The molecule has 0 atom stereocenters. The molecule has 0 fully saturated rings. The number of nitrogens with zero attached hydrogens (tertiary/aromatic N) is 1. The summed E-state index contributed by atoms with van der Waals surface area (Å²) in [7, 11) is 0. The summed E-state index contributed by atoms with van der Waals surface area (Å²) in [6, 6.07) is 26.7. The summed E-state index contributed by atoms with van der Waals surface area (Å²) in [4.78, 5) is 23.1. The normalized spacial score (nSPS) is 11.6. The molecule has 3 heteroatoms. The minimum Gasteiger partial charge on any atom is -0.308 e. The van der Waals surface area contributed by atoms with Crippen LogP contribution in [0.2, 0.25) is 0 Å². The van der Waals surface area contributed by atoms with Crippen LogP contribution in [0, 0.1) is 13.8 Å². The zero-order chi connectivity index (χ0) is 22.7. The van der Waals surface area contributed by atoms with E-state index in [2.05, 4.69) is 60.9 Å². The van der Waals surface area contributed by atoms with E-state index in [1.54, 1.807) is 0 Å². The minimum atomic E-state index is 0.618. The number of carbonyl (C=O) groups is 2. The van der Waals surface area contributed by atoms with Gasteiger partial charge in [-0.1, -0.05) is 48.0 Å². The average Bonchev–Trinajstić information content (AvgIpc) is 3.17. The standard InChI is InChI=1S/C30H21NO2/c1-18-7-10-24-25(13-18)19(2)22-5-3-4-6-23(22)30(24)31-28-11-8-20(16-32)14-26(28)27-15-21(17-33)9-12-29(27)31/h3-17H,1-2H3. The molecule has 0 bridgehead atoms. The Morgan fingerprint density at radius 1 is 0.576 bits per heavy atom. The van der Waals surface area contributed by atoms with Crippen molar-refractivity contribution in [3.05, 3.63) is 101 Å². The number of hydrogen-bond acceptors (Lipinski definition) is 2. The van der Waals surface area contributed by atoms with Crippen molar-refractivity contribution in [1.29, 1.82) is 0 Å². The van der Waals surface area contributed by atoms with E-state index in [0.29, 0.717) is 11.1 Å². The van der Waals surface area contributed by atoms with Crippen molar-refractivity contribution >= 4 is 55.9 Å². The smallest absolute Gasteiger partial charge is 0.150 e. The van der Waals surface area contributed by atoms with Gasteiger partial charge < -0.3 is 4.57 Å². The fourth-order valence-electron chi connectivity index (χ4n) is 5.17. The van der Waals surface area contributed by atoms with E-state index in [0.717, 1.165) is 40.1 Å². The van der Waals surface area contributed by atoms with Crippen LogP contribution < -0.4 is 0 Å². The van der Waals surface area contributed by atoms with Crippen molar-refractivity contribution < 1.29 is 9.59 Å². The van der Waals surface area contributed by atoms with Gasteiger partial charge in [-0.05, 0) is 66.6 Å². The molecule has 0 N–H and O–H groups in total. The predicted octanol–water partition coefficient (Wildman–Crippen LogP) is 7.33. The van der Waals surface area contributed by atoms with Crippen LogP contribution in [0.4, 0.5) is 0 Å². The van der Waals surface area contributed by atoms with Crippen molar-refractivity contribution in [2.75, 3.05) is 0 Å². The molecule has 6 aromatic rings. The lowest BCUT2D eigenvalue weighted by Crippen LogP contribution is -1.99. The highest BCUT2D eigenvalue weighted by Gasteiger charge is 2.19. The molecule has 0 spiro atoms. The fraction of sp³-hybridized carbons (Fsp3) is 0.0667. The summed E-state index contributed by atoms with van der Waals surface area (Å²) in [6.45, 7) is 4.31. The molecule has 0 aliphatic heterocycles. The van der Waals surface area contributed by atoms with E-state index in [4.69, 9.17) is 0 Å². The predicted molar refractivity (Wildman–Crippen MR) is 136 cm³/mol. The molecule has 158 valence electrons. The first kappa shape index (κ1) is 19.4. The van der Waals surface area contributed by atoms with Crippen LogP contribution in [0.5, 0.6) is 0 Å². The van der Waals surface area contributed by atoms with Crippen LogP contribution in [-0.2, 0) is 0 Å². The van der Waals surface area contributed by atoms with E-state index in [-0.39, 0.29) is 0 Å². The summed E-state index contributed by atoms with van der Waals surface area (Å²) in [5.74, 6) is 0. The first-order valence-electron chi connectivity index (χ1n) is 11.0. The summed E-state index contributed by atoms with van der Waals surface area (Å²) in [5.41, 5.74) is 6.85. The Labute approximate surface area is 190 Å². The number of aromatic nitrogens is 1. The van der Waals surface area contributed by atoms with Crippen molar-refractivity contribution in [1.82, 2.24) is 4.57 Å². The zero-order valence-corrected chi connectivity index (χ0v) is 18.4. The Morgan fingerprint density at radius 2 is 1.15 bits per heavy atom. The number of benzene rings is 5. The topological polar surface area (TPSA) is 39.1 Å². The molecule has 0 radical (unpaired) electrons. The van der Waals surface area contributed by atoms with E-state index >= 15 is 0 Å². The first-order chi connectivity index (χ1) is 16.1. The highest BCUT2D eigenvalue weighted by molar-refractivity contribution is 6.17. The molecule has 0 unspecified atom stereocenters. The van der Waals surface area contributed by atoms with Crippen LogP contribution in [0.25, 0.3) is 49.0 Å². The lowest BCUT2D eigenvalue weighted by molar-refractivity contribution is 0.111. The Balaban J connectivity index is 1.90. The van der Waals surface area contributed by atoms with E-state index in [1.807, 2.05) is 36.4 Å². The molecule has 0 amide bonds. The molecule has 0 aliphatic rings. The highest BCUT2D eigenvalue weighted by Crippen LogP contribution is 2.40. The third kappa shape index (κ3) is 2.76. The van der Waals surface area contributed by atoms with Gasteiger partial charge in [0.2, 0.25) is 0 Å². The third-order valence-corrected chi connectivity index (χ3v) is 6.73. The van der Waals surface area contributed by atoms with Crippen LogP contribution in [0.1, 0.15) is 31.8 Å². The van der Waals surface area contributed by atoms with Crippen molar-refractivity contribution in [3.8, 4) is 5.69 Å². The zero-order valence-electron chi connectivity index (χ0n) is 18.4. The van der Waals surface area contributed by atoms with E-state index < -0.39 is 0 Å². The molecular formula is C30H21NO2. The maximum atomic E-state index is 11.5. The third-order valence-electron chi connectivity index (χ3n) is 6.73. The second-order valence-corrected chi connectivity index (χ2v) is 8.69. The number of rotatable bonds is 3. The van der Waals surface area contributed by atoms with Gasteiger partial charge in [-0.25, -0.2) is 0 Å². The molecule has 0 saturated heterocycles. The van der Waals surface area contributed by atoms with E-state index in [9.17, 15) is 9.59 Å². The van der Waals surface area contributed by atoms with Crippen LogP contribution in [-0.4, -0.2) is 17.1 Å².